The number of carbonyl (C=O) groups is 1. The number of rotatable bonds is 2. The summed E-state index contributed by atoms with van der Waals surface area (Å²) >= 11 is 0. The highest BCUT2D eigenvalue weighted by Gasteiger charge is 2.51. The zero-order valence-corrected chi connectivity index (χ0v) is 7.18. The number of hydrogen-bond acceptors (Lipinski definition) is 1. The molecule has 0 radical (unpaired) electrons. The third kappa shape index (κ3) is 1.39. The van der Waals surface area contributed by atoms with Gasteiger partial charge in [-0.1, -0.05) is 13.8 Å². The van der Waals surface area contributed by atoms with E-state index in [0.29, 0.717) is 17.4 Å². The molecular formula is C9H15NO. The number of amides is 1. The molecule has 0 aromatic rings. The Bertz CT molecular complexity index is 194. The molecule has 0 aromatic carbocycles. The molecule has 1 N–H and O–H groups in total. The molecule has 2 aliphatic rings. The van der Waals surface area contributed by atoms with Gasteiger partial charge in [0, 0.05) is 12.0 Å². The molecule has 0 unspecified atom stereocenters. The average Bonchev–Trinajstić information content (AvgIpc) is 2.71. The molecular weight excluding hydrogens is 138 g/mol. The lowest BCUT2D eigenvalue weighted by atomic mass is 10.1. The summed E-state index contributed by atoms with van der Waals surface area (Å²) in [5, 5.41) is 3.03. The van der Waals surface area contributed by atoms with E-state index in [1.54, 1.807) is 0 Å². The molecule has 0 heterocycles. The van der Waals surface area contributed by atoms with Crippen LogP contribution in [0.25, 0.3) is 0 Å². The van der Waals surface area contributed by atoms with Crippen LogP contribution in [0, 0.1) is 11.3 Å². The zero-order valence-electron chi connectivity index (χ0n) is 7.18. The van der Waals surface area contributed by atoms with Gasteiger partial charge in [-0.15, -0.1) is 0 Å². The van der Waals surface area contributed by atoms with Gasteiger partial charge in [0.05, 0.1) is 0 Å². The molecule has 11 heavy (non-hydrogen) atoms. The summed E-state index contributed by atoms with van der Waals surface area (Å²) in [7, 11) is 0. The van der Waals surface area contributed by atoms with Crippen molar-refractivity contribution in [2.24, 2.45) is 11.3 Å². The maximum atomic E-state index is 11.4. The zero-order chi connectivity index (χ0) is 8.06. The van der Waals surface area contributed by atoms with Crippen LogP contribution in [0.1, 0.15) is 33.1 Å². The minimum atomic E-state index is 0.289. The van der Waals surface area contributed by atoms with Gasteiger partial charge in [-0.2, -0.15) is 0 Å². The van der Waals surface area contributed by atoms with Gasteiger partial charge in [0.25, 0.3) is 0 Å². The van der Waals surface area contributed by atoms with Crippen molar-refractivity contribution in [3.63, 3.8) is 0 Å². The molecule has 2 saturated carbocycles. The minimum absolute atomic E-state index is 0.289. The van der Waals surface area contributed by atoms with Crippen LogP contribution in [0.4, 0.5) is 0 Å². The van der Waals surface area contributed by atoms with Gasteiger partial charge in [0.15, 0.2) is 0 Å². The molecule has 0 saturated heterocycles. The van der Waals surface area contributed by atoms with Gasteiger partial charge in [-0.25, -0.2) is 0 Å². The van der Waals surface area contributed by atoms with E-state index in [9.17, 15) is 4.79 Å². The number of hydrogen-bond donors (Lipinski definition) is 1. The molecule has 0 bridgehead atoms. The summed E-state index contributed by atoms with van der Waals surface area (Å²) in [5.74, 6) is 0.598. The van der Waals surface area contributed by atoms with Crippen LogP contribution in [0.3, 0.4) is 0 Å². The second-order valence-electron chi connectivity index (χ2n) is 4.53. The monoisotopic (exact) mass is 153 g/mol. The quantitative estimate of drug-likeness (QED) is 0.636. The Morgan fingerprint density at radius 1 is 1.45 bits per heavy atom. The van der Waals surface area contributed by atoms with Crippen LogP contribution in [-0.2, 0) is 4.79 Å². The van der Waals surface area contributed by atoms with Crippen LogP contribution in [0.15, 0.2) is 0 Å². The van der Waals surface area contributed by atoms with Crippen LogP contribution in [-0.4, -0.2) is 11.9 Å². The molecule has 0 aliphatic heterocycles. The first-order chi connectivity index (χ1) is 5.09. The Morgan fingerprint density at radius 3 is 2.36 bits per heavy atom. The standard InChI is InChI=1S/C9H15NO/c1-9(2)5-7(9)8(11)10-6-3-4-6/h6-7H,3-5H2,1-2H3,(H,10,11)/t7-/m1/s1. The summed E-state index contributed by atoms with van der Waals surface area (Å²) < 4.78 is 0. The highest BCUT2D eigenvalue weighted by Crippen LogP contribution is 2.51. The Kier molecular flexibility index (Phi) is 1.29. The van der Waals surface area contributed by atoms with E-state index >= 15 is 0 Å². The third-order valence-corrected chi connectivity index (χ3v) is 2.75. The first-order valence-corrected chi connectivity index (χ1v) is 4.40. The first-order valence-electron chi connectivity index (χ1n) is 4.40. The summed E-state index contributed by atoms with van der Waals surface area (Å²) in [6.07, 6.45) is 3.46. The molecule has 2 aliphatic carbocycles. The van der Waals surface area contributed by atoms with Crippen molar-refractivity contribution >= 4 is 5.91 Å². The van der Waals surface area contributed by atoms with Gasteiger partial charge in [-0.3, -0.25) is 4.79 Å². The fourth-order valence-electron chi connectivity index (χ4n) is 1.44. The SMILES string of the molecule is CC1(C)C[C@@H]1C(=O)NC1CC1. The van der Waals surface area contributed by atoms with E-state index in [2.05, 4.69) is 19.2 Å². The lowest BCUT2D eigenvalue weighted by Crippen LogP contribution is -2.28. The molecule has 0 spiro atoms. The molecule has 1 amide bonds. The molecule has 2 heteroatoms. The molecule has 1 atom stereocenters. The first kappa shape index (κ1) is 7.14. The van der Waals surface area contributed by atoms with Crippen molar-refractivity contribution in [2.45, 2.75) is 39.2 Å². The molecule has 2 rings (SSSR count). The van der Waals surface area contributed by atoms with Gasteiger partial charge in [-0.05, 0) is 24.7 Å². The van der Waals surface area contributed by atoms with E-state index in [-0.39, 0.29) is 5.91 Å². The largest absolute Gasteiger partial charge is 0.353 e. The van der Waals surface area contributed by atoms with Crippen LogP contribution in [0.5, 0.6) is 0 Å². The van der Waals surface area contributed by atoms with Crippen LogP contribution < -0.4 is 5.32 Å². The van der Waals surface area contributed by atoms with Crippen molar-refractivity contribution in [1.29, 1.82) is 0 Å². The van der Waals surface area contributed by atoms with E-state index < -0.39 is 0 Å². The predicted molar refractivity (Wildman–Crippen MR) is 43.1 cm³/mol. The summed E-state index contributed by atoms with van der Waals surface area (Å²) in [6.45, 7) is 4.31. The van der Waals surface area contributed by atoms with Gasteiger partial charge < -0.3 is 5.32 Å². The van der Waals surface area contributed by atoms with Gasteiger partial charge in [0.1, 0.15) is 0 Å². The Hall–Kier alpha value is -0.530. The second-order valence-corrected chi connectivity index (χ2v) is 4.53. The minimum Gasteiger partial charge on any atom is -0.353 e. The smallest absolute Gasteiger partial charge is 0.223 e. The van der Waals surface area contributed by atoms with Crippen LogP contribution >= 0.6 is 0 Å². The van der Waals surface area contributed by atoms with E-state index in [4.69, 9.17) is 0 Å². The second kappa shape index (κ2) is 1.99. The lowest BCUT2D eigenvalue weighted by Gasteiger charge is -2.03. The summed E-state index contributed by atoms with van der Waals surface area (Å²) in [4.78, 5) is 11.4. The summed E-state index contributed by atoms with van der Waals surface area (Å²) in [5.41, 5.74) is 0.291. The molecule has 0 aromatic heterocycles. The van der Waals surface area contributed by atoms with Crippen molar-refractivity contribution in [3.05, 3.63) is 0 Å². The van der Waals surface area contributed by atoms with Crippen molar-refractivity contribution in [3.8, 4) is 0 Å². The van der Waals surface area contributed by atoms with Crippen LogP contribution in [0.2, 0.25) is 0 Å². The molecule has 62 valence electrons. The van der Waals surface area contributed by atoms with Crippen molar-refractivity contribution in [2.75, 3.05) is 0 Å². The van der Waals surface area contributed by atoms with Crippen molar-refractivity contribution in [1.82, 2.24) is 5.32 Å². The molecule has 2 fully saturated rings. The topological polar surface area (TPSA) is 29.1 Å². The maximum absolute atomic E-state index is 11.4. The number of carbonyl (C=O) groups excluding carboxylic acids is 1. The van der Waals surface area contributed by atoms with E-state index in [0.717, 1.165) is 6.42 Å². The Morgan fingerprint density at radius 2 is 2.00 bits per heavy atom. The van der Waals surface area contributed by atoms with E-state index in [1.165, 1.54) is 12.8 Å². The average molecular weight is 153 g/mol. The third-order valence-electron chi connectivity index (χ3n) is 2.75. The Balaban J connectivity index is 1.82. The highest BCUT2D eigenvalue weighted by atomic mass is 16.2. The van der Waals surface area contributed by atoms with Gasteiger partial charge >= 0.3 is 0 Å². The number of nitrogens with one attached hydrogen (secondary N) is 1. The predicted octanol–water partition coefficient (Wildman–Crippen LogP) is 1.31. The lowest BCUT2D eigenvalue weighted by molar-refractivity contribution is -0.123. The normalized spacial score (nSPS) is 33.1. The maximum Gasteiger partial charge on any atom is 0.223 e. The van der Waals surface area contributed by atoms with E-state index in [1.807, 2.05) is 0 Å². The fraction of sp³-hybridized carbons (Fsp3) is 0.889. The van der Waals surface area contributed by atoms with Gasteiger partial charge in [0.2, 0.25) is 5.91 Å². The summed E-state index contributed by atoms with van der Waals surface area (Å²) in [6, 6.07) is 0.527. The fourth-order valence-corrected chi connectivity index (χ4v) is 1.44. The molecule has 2 nitrogen and oxygen atoms in total. The Labute approximate surface area is 67.4 Å². The van der Waals surface area contributed by atoms with Crippen molar-refractivity contribution < 1.29 is 4.79 Å². The highest BCUT2D eigenvalue weighted by molar-refractivity contribution is 5.82.